The van der Waals surface area contributed by atoms with Crippen LogP contribution in [-0.4, -0.2) is 17.4 Å². The van der Waals surface area contributed by atoms with Gasteiger partial charge in [-0.1, -0.05) is 11.6 Å². The van der Waals surface area contributed by atoms with Gasteiger partial charge in [-0.15, -0.1) is 0 Å². The van der Waals surface area contributed by atoms with E-state index in [4.69, 9.17) is 20.8 Å². The number of nitro benzene ring substituents is 1. The van der Waals surface area contributed by atoms with E-state index < -0.39 is 10.8 Å². The van der Waals surface area contributed by atoms with Crippen molar-refractivity contribution in [3.05, 3.63) is 57.5 Å². The first-order chi connectivity index (χ1) is 10.5. The third-order valence-corrected chi connectivity index (χ3v) is 3.06. The van der Waals surface area contributed by atoms with Crippen LogP contribution >= 0.6 is 11.6 Å². The Labute approximate surface area is 131 Å². The quantitative estimate of drug-likeness (QED) is 0.650. The largest absolute Gasteiger partial charge is 0.477 e. The van der Waals surface area contributed by atoms with Crippen molar-refractivity contribution in [3.8, 4) is 5.75 Å². The molecular formula is C14H13ClN2O5. The monoisotopic (exact) mass is 324 g/mol. The number of nitro groups is 1. The van der Waals surface area contributed by atoms with Crippen molar-refractivity contribution in [2.75, 3.05) is 6.61 Å². The Bertz CT molecular complexity index is 672. The average molecular weight is 325 g/mol. The fraction of sp³-hybridized carbons (Fsp3) is 0.214. The zero-order chi connectivity index (χ0) is 16.1. The zero-order valence-electron chi connectivity index (χ0n) is 11.6. The van der Waals surface area contributed by atoms with Crippen LogP contribution in [0.4, 0.5) is 5.69 Å². The minimum atomic E-state index is -0.620. The summed E-state index contributed by atoms with van der Waals surface area (Å²) in [6, 6.07) is 7.09. The van der Waals surface area contributed by atoms with Gasteiger partial charge in [0.25, 0.3) is 5.91 Å². The van der Waals surface area contributed by atoms with Gasteiger partial charge in [0.15, 0.2) is 12.4 Å². The molecule has 22 heavy (non-hydrogen) atoms. The maximum absolute atomic E-state index is 11.8. The number of amides is 1. The van der Waals surface area contributed by atoms with E-state index in [0.29, 0.717) is 5.76 Å². The Hall–Kier alpha value is -2.54. The van der Waals surface area contributed by atoms with Crippen molar-refractivity contribution in [3.63, 3.8) is 0 Å². The first-order valence-corrected chi connectivity index (χ1v) is 6.74. The summed E-state index contributed by atoms with van der Waals surface area (Å²) in [5.74, 6) is 0.161. The van der Waals surface area contributed by atoms with Gasteiger partial charge in [0.1, 0.15) is 5.76 Å². The van der Waals surface area contributed by atoms with E-state index in [0.717, 1.165) is 0 Å². The van der Waals surface area contributed by atoms with Gasteiger partial charge in [0.2, 0.25) is 0 Å². The van der Waals surface area contributed by atoms with Crippen molar-refractivity contribution in [1.29, 1.82) is 0 Å². The van der Waals surface area contributed by atoms with Crippen molar-refractivity contribution in [1.82, 2.24) is 5.32 Å². The molecule has 0 bridgehead atoms. The summed E-state index contributed by atoms with van der Waals surface area (Å²) in [4.78, 5) is 22.1. The highest BCUT2D eigenvalue weighted by atomic mass is 35.5. The molecule has 0 spiro atoms. The maximum Gasteiger partial charge on any atom is 0.312 e. The molecule has 0 aliphatic rings. The second-order valence-corrected chi connectivity index (χ2v) is 4.90. The van der Waals surface area contributed by atoms with Crippen LogP contribution in [0.5, 0.6) is 5.75 Å². The summed E-state index contributed by atoms with van der Waals surface area (Å²) in [6.07, 6.45) is 1.51. The number of halogens is 1. The number of nitrogens with zero attached hydrogens (tertiary/aromatic N) is 1. The van der Waals surface area contributed by atoms with Crippen LogP contribution in [-0.2, 0) is 4.79 Å². The summed E-state index contributed by atoms with van der Waals surface area (Å²) in [6.45, 7) is 1.40. The number of carbonyl (C=O) groups excluding carboxylic acids is 1. The van der Waals surface area contributed by atoms with Crippen LogP contribution < -0.4 is 10.1 Å². The SMILES string of the molecule is CC(NC(=O)COc1ccc(Cl)cc1[N+](=O)[O-])c1ccco1. The standard InChI is InChI=1S/C14H13ClN2O5/c1-9(12-3-2-6-21-12)16-14(18)8-22-13-5-4-10(15)7-11(13)17(19)20/h2-7,9H,8H2,1H3,(H,16,18). The van der Waals surface area contributed by atoms with Gasteiger partial charge in [-0.2, -0.15) is 0 Å². The highest BCUT2D eigenvalue weighted by Gasteiger charge is 2.18. The summed E-state index contributed by atoms with van der Waals surface area (Å²) in [7, 11) is 0. The Kier molecular flexibility index (Phi) is 5.00. The van der Waals surface area contributed by atoms with E-state index in [1.807, 2.05) is 0 Å². The summed E-state index contributed by atoms with van der Waals surface area (Å²) in [5, 5.41) is 13.8. The van der Waals surface area contributed by atoms with Gasteiger partial charge >= 0.3 is 5.69 Å². The molecule has 116 valence electrons. The van der Waals surface area contributed by atoms with E-state index >= 15 is 0 Å². The zero-order valence-corrected chi connectivity index (χ0v) is 12.4. The van der Waals surface area contributed by atoms with Crippen LogP contribution in [0.25, 0.3) is 0 Å². The molecular weight excluding hydrogens is 312 g/mol. The second kappa shape index (κ2) is 6.95. The second-order valence-electron chi connectivity index (χ2n) is 4.46. The number of benzene rings is 1. The van der Waals surface area contributed by atoms with Crippen molar-refractivity contribution >= 4 is 23.2 Å². The molecule has 1 aromatic carbocycles. The van der Waals surface area contributed by atoms with E-state index in [9.17, 15) is 14.9 Å². The van der Waals surface area contributed by atoms with Crippen LogP contribution in [0.1, 0.15) is 18.7 Å². The molecule has 1 unspecified atom stereocenters. The van der Waals surface area contributed by atoms with E-state index in [1.54, 1.807) is 19.1 Å². The lowest BCUT2D eigenvalue weighted by molar-refractivity contribution is -0.385. The van der Waals surface area contributed by atoms with Gasteiger partial charge in [-0.25, -0.2) is 0 Å². The highest BCUT2D eigenvalue weighted by Crippen LogP contribution is 2.29. The molecule has 0 saturated heterocycles. The molecule has 1 N–H and O–H groups in total. The highest BCUT2D eigenvalue weighted by molar-refractivity contribution is 6.30. The summed E-state index contributed by atoms with van der Waals surface area (Å²) >= 11 is 5.70. The van der Waals surface area contributed by atoms with Crippen LogP contribution in [0.3, 0.4) is 0 Å². The fourth-order valence-corrected chi connectivity index (χ4v) is 1.96. The van der Waals surface area contributed by atoms with Crippen LogP contribution in [0, 0.1) is 10.1 Å². The summed E-state index contributed by atoms with van der Waals surface area (Å²) in [5.41, 5.74) is -0.292. The number of ether oxygens (including phenoxy) is 1. The van der Waals surface area contributed by atoms with E-state index in [1.165, 1.54) is 24.5 Å². The minimum absolute atomic E-state index is 0.0183. The molecule has 0 aliphatic carbocycles. The molecule has 7 nitrogen and oxygen atoms in total. The third-order valence-electron chi connectivity index (χ3n) is 2.82. The molecule has 0 fully saturated rings. The number of hydrogen-bond donors (Lipinski definition) is 1. The van der Waals surface area contributed by atoms with E-state index in [2.05, 4.69) is 5.32 Å². The van der Waals surface area contributed by atoms with Crippen molar-refractivity contribution in [2.45, 2.75) is 13.0 Å². The Morgan fingerprint density at radius 3 is 2.91 bits per heavy atom. The Morgan fingerprint density at radius 1 is 1.50 bits per heavy atom. The van der Waals surface area contributed by atoms with Gasteiger partial charge in [0.05, 0.1) is 17.2 Å². The lowest BCUT2D eigenvalue weighted by atomic mass is 10.2. The number of rotatable bonds is 6. The van der Waals surface area contributed by atoms with Gasteiger partial charge < -0.3 is 14.5 Å². The van der Waals surface area contributed by atoms with Crippen molar-refractivity contribution < 1.29 is 18.9 Å². The predicted molar refractivity (Wildman–Crippen MR) is 78.9 cm³/mol. The molecule has 0 radical (unpaired) electrons. The normalized spacial score (nSPS) is 11.7. The molecule has 2 rings (SSSR count). The van der Waals surface area contributed by atoms with E-state index in [-0.39, 0.29) is 29.1 Å². The smallest absolute Gasteiger partial charge is 0.312 e. The number of nitrogens with one attached hydrogen (secondary N) is 1. The van der Waals surface area contributed by atoms with Gasteiger partial charge in [-0.3, -0.25) is 14.9 Å². The molecule has 2 aromatic rings. The number of hydrogen-bond acceptors (Lipinski definition) is 5. The Morgan fingerprint density at radius 2 is 2.27 bits per heavy atom. The fourth-order valence-electron chi connectivity index (χ4n) is 1.79. The summed E-state index contributed by atoms with van der Waals surface area (Å²) < 4.78 is 10.4. The number of carbonyl (C=O) groups is 1. The van der Waals surface area contributed by atoms with Crippen molar-refractivity contribution in [2.24, 2.45) is 0 Å². The third kappa shape index (κ3) is 3.98. The van der Waals surface area contributed by atoms with Crippen LogP contribution in [0.2, 0.25) is 5.02 Å². The molecule has 1 aromatic heterocycles. The molecule has 1 atom stereocenters. The van der Waals surface area contributed by atoms with Gasteiger partial charge in [0, 0.05) is 11.1 Å². The van der Waals surface area contributed by atoms with Gasteiger partial charge in [-0.05, 0) is 31.2 Å². The predicted octanol–water partition coefficient (Wildman–Crippen LogP) is 3.10. The molecule has 1 heterocycles. The lowest BCUT2D eigenvalue weighted by Crippen LogP contribution is -2.31. The topological polar surface area (TPSA) is 94.6 Å². The first kappa shape index (κ1) is 15.8. The molecule has 1 amide bonds. The molecule has 0 saturated carbocycles. The maximum atomic E-state index is 11.8. The van der Waals surface area contributed by atoms with Crippen LogP contribution in [0.15, 0.2) is 41.0 Å². The number of furan rings is 1. The molecule has 0 aliphatic heterocycles. The molecule has 8 heteroatoms. The first-order valence-electron chi connectivity index (χ1n) is 6.37. The Balaban J connectivity index is 1.95. The lowest BCUT2D eigenvalue weighted by Gasteiger charge is -2.12. The average Bonchev–Trinajstić information content (AvgIpc) is 3.00. The minimum Gasteiger partial charge on any atom is -0.477 e.